The number of nitrogens with zero attached hydrogens (tertiary/aromatic N) is 2. The van der Waals surface area contributed by atoms with Gasteiger partial charge in [0.15, 0.2) is 0 Å². The van der Waals surface area contributed by atoms with Crippen molar-refractivity contribution < 1.29 is 0 Å². The highest BCUT2D eigenvalue weighted by atomic mass is 127. The molecule has 2 atom stereocenters. The molecule has 3 heteroatoms. The Balaban J connectivity index is 2.55. The number of hydrogen-bond donors (Lipinski definition) is 0. The van der Waals surface area contributed by atoms with Crippen molar-refractivity contribution in [2.45, 2.75) is 45.8 Å². The fourth-order valence-corrected chi connectivity index (χ4v) is 2.58. The minimum Gasteiger partial charge on any atom is -0.295 e. The lowest BCUT2D eigenvalue weighted by molar-refractivity contribution is 0.0800. The van der Waals surface area contributed by atoms with E-state index in [9.17, 15) is 0 Å². The quantitative estimate of drug-likeness (QED) is 0.537. The molecule has 0 N–H and O–H groups in total. The summed E-state index contributed by atoms with van der Waals surface area (Å²) in [6.45, 7) is 11.6. The summed E-state index contributed by atoms with van der Waals surface area (Å²) in [5.41, 5.74) is 0. The van der Waals surface area contributed by atoms with Crippen LogP contribution in [0.1, 0.15) is 27.7 Å². The van der Waals surface area contributed by atoms with E-state index in [-0.39, 0.29) is 0 Å². The first-order valence-corrected chi connectivity index (χ1v) is 5.67. The smallest absolute Gasteiger partial charge is 0.0294 e. The topological polar surface area (TPSA) is 6.48 Å². The van der Waals surface area contributed by atoms with E-state index in [4.69, 9.17) is 0 Å². The van der Waals surface area contributed by atoms with Crippen LogP contribution in [0.5, 0.6) is 0 Å². The first-order chi connectivity index (χ1) is 5.52. The van der Waals surface area contributed by atoms with E-state index in [1.54, 1.807) is 0 Å². The molecule has 0 aromatic carbocycles. The summed E-state index contributed by atoms with van der Waals surface area (Å²) in [5, 5.41) is 0. The van der Waals surface area contributed by atoms with Crippen molar-refractivity contribution in [1.82, 2.24) is 8.01 Å². The van der Waals surface area contributed by atoms with E-state index in [1.165, 1.54) is 13.1 Å². The monoisotopic (exact) mass is 282 g/mol. The van der Waals surface area contributed by atoms with Crippen molar-refractivity contribution in [3.05, 3.63) is 0 Å². The molecule has 0 aromatic rings. The Kier molecular flexibility index (Phi) is 3.79. The highest BCUT2D eigenvalue weighted by Gasteiger charge is 2.28. The molecule has 0 saturated carbocycles. The van der Waals surface area contributed by atoms with Gasteiger partial charge in [-0.3, -0.25) is 4.90 Å². The molecule has 1 fully saturated rings. The zero-order valence-electron chi connectivity index (χ0n) is 8.42. The molecule has 1 aliphatic heterocycles. The molecule has 72 valence electrons. The molecule has 0 aromatic heterocycles. The van der Waals surface area contributed by atoms with Gasteiger partial charge in [0, 0.05) is 54.1 Å². The number of halogens is 1. The summed E-state index contributed by atoms with van der Waals surface area (Å²) in [5.74, 6) is 0. The third-order valence-corrected chi connectivity index (χ3v) is 3.97. The van der Waals surface area contributed by atoms with Crippen LogP contribution in [0.15, 0.2) is 0 Å². The Labute approximate surface area is 89.8 Å². The van der Waals surface area contributed by atoms with Gasteiger partial charge in [-0.05, 0) is 27.7 Å². The van der Waals surface area contributed by atoms with Crippen molar-refractivity contribution >= 4 is 22.9 Å². The predicted octanol–water partition coefficient (Wildman–Crippen LogP) is 2.14. The van der Waals surface area contributed by atoms with Crippen LogP contribution in [0.4, 0.5) is 0 Å². The average Bonchev–Trinajstić information content (AvgIpc) is 1.96. The van der Waals surface area contributed by atoms with Crippen LogP contribution in [-0.2, 0) is 0 Å². The predicted molar refractivity (Wildman–Crippen MR) is 61.5 cm³/mol. The lowest BCUT2D eigenvalue weighted by Crippen LogP contribution is -2.55. The van der Waals surface area contributed by atoms with E-state index in [2.05, 4.69) is 58.6 Å². The van der Waals surface area contributed by atoms with Crippen LogP contribution >= 0.6 is 22.9 Å². The van der Waals surface area contributed by atoms with Gasteiger partial charge < -0.3 is 0 Å². The molecule has 12 heavy (non-hydrogen) atoms. The second kappa shape index (κ2) is 4.24. The van der Waals surface area contributed by atoms with E-state index in [0.29, 0.717) is 18.1 Å². The summed E-state index contributed by atoms with van der Waals surface area (Å²) < 4.78 is 2.42. The van der Waals surface area contributed by atoms with Crippen LogP contribution in [-0.4, -0.2) is 39.2 Å². The van der Waals surface area contributed by atoms with Crippen molar-refractivity contribution in [2.24, 2.45) is 0 Å². The maximum atomic E-state index is 2.58. The van der Waals surface area contributed by atoms with Crippen molar-refractivity contribution in [1.29, 1.82) is 0 Å². The second-order valence-corrected chi connectivity index (χ2v) is 5.31. The Bertz CT molecular complexity index is 149. The lowest BCUT2D eigenvalue weighted by atomic mass is 10.1. The van der Waals surface area contributed by atoms with Gasteiger partial charge in [0.05, 0.1) is 0 Å². The third kappa shape index (κ3) is 2.33. The van der Waals surface area contributed by atoms with Gasteiger partial charge in [-0.25, -0.2) is 3.11 Å². The van der Waals surface area contributed by atoms with Crippen molar-refractivity contribution in [3.63, 3.8) is 0 Å². The highest BCUT2D eigenvalue weighted by molar-refractivity contribution is 14.1. The number of rotatable bonds is 1. The van der Waals surface area contributed by atoms with Crippen molar-refractivity contribution in [2.75, 3.05) is 13.1 Å². The molecule has 0 spiro atoms. The Morgan fingerprint density at radius 3 is 2.25 bits per heavy atom. The molecule has 1 heterocycles. The lowest BCUT2D eigenvalue weighted by Gasteiger charge is -2.43. The average molecular weight is 282 g/mol. The first-order valence-electron chi connectivity index (χ1n) is 4.70. The van der Waals surface area contributed by atoms with Crippen LogP contribution in [0.2, 0.25) is 0 Å². The van der Waals surface area contributed by atoms with Crippen LogP contribution < -0.4 is 0 Å². The molecule has 0 bridgehead atoms. The normalized spacial score (nSPS) is 34.5. The molecule has 1 rings (SSSR count). The molecular formula is C9H19IN2. The number of piperazine rings is 1. The molecule has 0 amide bonds. The van der Waals surface area contributed by atoms with Crippen LogP contribution in [0.3, 0.4) is 0 Å². The Hall–Kier alpha value is 0.650. The maximum absolute atomic E-state index is 2.58. The summed E-state index contributed by atoms with van der Waals surface area (Å²) in [7, 11) is 0. The molecule has 1 saturated heterocycles. The highest BCUT2D eigenvalue weighted by Crippen LogP contribution is 2.20. The van der Waals surface area contributed by atoms with E-state index in [1.807, 2.05) is 0 Å². The summed E-state index contributed by atoms with van der Waals surface area (Å²) in [6.07, 6.45) is 0. The van der Waals surface area contributed by atoms with Gasteiger partial charge in [0.1, 0.15) is 0 Å². The van der Waals surface area contributed by atoms with E-state index < -0.39 is 0 Å². The van der Waals surface area contributed by atoms with Gasteiger partial charge >= 0.3 is 0 Å². The summed E-state index contributed by atoms with van der Waals surface area (Å²) in [6, 6.07) is 2.09. The molecule has 2 unspecified atom stereocenters. The van der Waals surface area contributed by atoms with Gasteiger partial charge in [0.2, 0.25) is 0 Å². The molecule has 0 aliphatic carbocycles. The van der Waals surface area contributed by atoms with E-state index >= 15 is 0 Å². The number of hydrogen-bond acceptors (Lipinski definition) is 2. The fraction of sp³-hybridized carbons (Fsp3) is 1.00. The maximum Gasteiger partial charge on any atom is 0.0294 e. The first kappa shape index (κ1) is 10.7. The molecule has 0 radical (unpaired) electrons. The van der Waals surface area contributed by atoms with Crippen LogP contribution in [0, 0.1) is 0 Å². The summed E-state index contributed by atoms with van der Waals surface area (Å²) >= 11 is 2.44. The third-order valence-electron chi connectivity index (χ3n) is 2.62. The Morgan fingerprint density at radius 1 is 1.17 bits per heavy atom. The second-order valence-electron chi connectivity index (χ2n) is 4.07. The zero-order chi connectivity index (χ0) is 9.30. The minimum atomic E-state index is 0.688. The molecular weight excluding hydrogens is 263 g/mol. The zero-order valence-corrected chi connectivity index (χ0v) is 10.6. The largest absolute Gasteiger partial charge is 0.295 e. The van der Waals surface area contributed by atoms with Crippen LogP contribution in [0.25, 0.3) is 0 Å². The minimum absolute atomic E-state index is 0.688. The summed E-state index contributed by atoms with van der Waals surface area (Å²) in [4.78, 5) is 2.58. The molecule has 1 aliphatic rings. The van der Waals surface area contributed by atoms with Gasteiger partial charge in [-0.2, -0.15) is 0 Å². The standard InChI is InChI=1S/C9H19IN2/c1-7(2)11-5-9(4)12(10)6-8(11)3/h7-9H,5-6H2,1-4H3. The van der Waals surface area contributed by atoms with Gasteiger partial charge in [-0.1, -0.05) is 0 Å². The Morgan fingerprint density at radius 2 is 1.75 bits per heavy atom. The van der Waals surface area contributed by atoms with Crippen molar-refractivity contribution in [3.8, 4) is 0 Å². The van der Waals surface area contributed by atoms with Gasteiger partial charge in [0.25, 0.3) is 0 Å². The molecule has 2 nitrogen and oxygen atoms in total. The van der Waals surface area contributed by atoms with E-state index in [0.717, 1.165) is 0 Å². The SMILES string of the molecule is CC1CN(C(C)C)C(C)CN1I. The van der Waals surface area contributed by atoms with Gasteiger partial charge in [-0.15, -0.1) is 0 Å². The fourth-order valence-electron chi connectivity index (χ4n) is 1.83.